The number of amides is 1. The molecule has 3 rings (SSSR count). The summed E-state index contributed by atoms with van der Waals surface area (Å²) in [7, 11) is -2.03. The van der Waals surface area contributed by atoms with Crippen LogP contribution in [0.5, 0.6) is 0 Å². The first-order valence-corrected chi connectivity index (χ1v) is 9.70. The predicted molar refractivity (Wildman–Crippen MR) is 94.9 cm³/mol. The number of rotatable bonds is 4. The summed E-state index contributed by atoms with van der Waals surface area (Å²) in [6.07, 6.45) is 1.12. The van der Waals surface area contributed by atoms with Crippen molar-refractivity contribution in [3.8, 4) is 0 Å². The highest BCUT2D eigenvalue weighted by Gasteiger charge is 2.39. The SMILES string of the molecule is Cc1cc(NC(=O)[C@H]2CCCN2S(=O)(=O)c2ccc(Cl)cc2)n(C)n1. The van der Waals surface area contributed by atoms with Gasteiger partial charge in [-0.15, -0.1) is 0 Å². The van der Waals surface area contributed by atoms with Crippen LogP contribution in [0, 0.1) is 6.92 Å². The van der Waals surface area contributed by atoms with E-state index in [1.54, 1.807) is 17.8 Å². The fourth-order valence-electron chi connectivity index (χ4n) is 2.97. The Morgan fingerprint density at radius 1 is 1.32 bits per heavy atom. The molecule has 1 aromatic carbocycles. The molecule has 7 nitrogen and oxygen atoms in total. The Morgan fingerprint density at radius 2 is 2.00 bits per heavy atom. The van der Waals surface area contributed by atoms with Gasteiger partial charge < -0.3 is 5.32 Å². The Labute approximate surface area is 151 Å². The Bertz CT molecular complexity index is 893. The van der Waals surface area contributed by atoms with E-state index in [2.05, 4.69) is 10.4 Å². The largest absolute Gasteiger partial charge is 0.310 e. The molecule has 0 spiro atoms. The highest BCUT2D eigenvalue weighted by atomic mass is 35.5. The molecule has 0 bridgehead atoms. The molecule has 1 atom stereocenters. The molecule has 1 amide bonds. The molecular weight excluding hydrogens is 364 g/mol. The summed E-state index contributed by atoms with van der Waals surface area (Å²) in [5, 5.41) is 7.40. The summed E-state index contributed by atoms with van der Waals surface area (Å²) >= 11 is 5.83. The molecule has 1 aliphatic rings. The van der Waals surface area contributed by atoms with Gasteiger partial charge in [0.25, 0.3) is 0 Å². The Balaban J connectivity index is 1.83. The van der Waals surface area contributed by atoms with E-state index in [0.29, 0.717) is 30.2 Å². The van der Waals surface area contributed by atoms with E-state index in [1.807, 2.05) is 6.92 Å². The second kappa shape index (κ2) is 6.78. The van der Waals surface area contributed by atoms with Gasteiger partial charge in [0.05, 0.1) is 10.6 Å². The van der Waals surface area contributed by atoms with Gasteiger partial charge in [0.15, 0.2) is 0 Å². The lowest BCUT2D eigenvalue weighted by molar-refractivity contribution is -0.119. The van der Waals surface area contributed by atoms with Crippen LogP contribution in [-0.2, 0) is 21.9 Å². The molecule has 0 aliphatic carbocycles. The molecule has 1 fully saturated rings. The Morgan fingerprint density at radius 3 is 2.60 bits per heavy atom. The van der Waals surface area contributed by atoms with Gasteiger partial charge in [-0.05, 0) is 44.0 Å². The number of hydrogen-bond donors (Lipinski definition) is 1. The van der Waals surface area contributed by atoms with E-state index < -0.39 is 16.1 Å². The van der Waals surface area contributed by atoms with E-state index in [1.165, 1.54) is 28.6 Å². The minimum atomic E-state index is -3.76. The molecule has 1 aromatic heterocycles. The molecule has 0 saturated carbocycles. The van der Waals surface area contributed by atoms with Crippen LogP contribution in [0.2, 0.25) is 5.02 Å². The third-order valence-electron chi connectivity index (χ3n) is 4.18. The number of nitrogens with one attached hydrogen (secondary N) is 1. The number of halogens is 1. The zero-order valence-electron chi connectivity index (χ0n) is 13.9. The number of nitrogens with zero attached hydrogens (tertiary/aromatic N) is 3. The van der Waals surface area contributed by atoms with Crippen molar-refractivity contribution in [3.05, 3.63) is 41.0 Å². The molecule has 0 radical (unpaired) electrons. The Hall–Kier alpha value is -1.90. The lowest BCUT2D eigenvalue weighted by Gasteiger charge is -2.23. The van der Waals surface area contributed by atoms with Crippen LogP contribution in [-0.4, -0.2) is 41.0 Å². The number of aromatic nitrogens is 2. The van der Waals surface area contributed by atoms with Crippen LogP contribution in [0.15, 0.2) is 35.2 Å². The third kappa shape index (κ3) is 3.56. The van der Waals surface area contributed by atoms with E-state index in [-0.39, 0.29) is 10.8 Å². The van der Waals surface area contributed by atoms with Gasteiger partial charge in [0, 0.05) is 24.7 Å². The number of sulfonamides is 1. The quantitative estimate of drug-likeness (QED) is 0.878. The maximum Gasteiger partial charge on any atom is 0.243 e. The average Bonchev–Trinajstić information content (AvgIpc) is 3.15. The van der Waals surface area contributed by atoms with Crippen molar-refractivity contribution in [1.82, 2.24) is 14.1 Å². The molecule has 25 heavy (non-hydrogen) atoms. The first-order valence-electron chi connectivity index (χ1n) is 7.88. The average molecular weight is 383 g/mol. The maximum absolute atomic E-state index is 12.9. The van der Waals surface area contributed by atoms with E-state index >= 15 is 0 Å². The summed E-state index contributed by atoms with van der Waals surface area (Å²) in [4.78, 5) is 12.8. The second-order valence-corrected chi connectivity index (χ2v) is 8.34. The third-order valence-corrected chi connectivity index (χ3v) is 6.35. The van der Waals surface area contributed by atoms with Crippen molar-refractivity contribution < 1.29 is 13.2 Å². The zero-order chi connectivity index (χ0) is 18.2. The monoisotopic (exact) mass is 382 g/mol. The second-order valence-electron chi connectivity index (χ2n) is 6.01. The predicted octanol–water partition coefficient (Wildman–Crippen LogP) is 2.17. The van der Waals surface area contributed by atoms with E-state index in [0.717, 1.165) is 5.69 Å². The van der Waals surface area contributed by atoms with Crippen LogP contribution in [0.3, 0.4) is 0 Å². The standard InChI is InChI=1S/C16H19ClN4O3S/c1-11-10-15(20(2)19-11)18-16(22)14-4-3-9-21(14)25(23,24)13-7-5-12(17)6-8-13/h5-8,10,14H,3-4,9H2,1-2H3,(H,18,22)/t14-/m1/s1. The summed E-state index contributed by atoms with van der Waals surface area (Å²) in [5.41, 5.74) is 0.773. The van der Waals surface area contributed by atoms with Gasteiger partial charge in [0.1, 0.15) is 11.9 Å². The minimum absolute atomic E-state index is 0.132. The van der Waals surface area contributed by atoms with Gasteiger partial charge in [-0.2, -0.15) is 9.40 Å². The molecule has 1 aliphatic heterocycles. The lowest BCUT2D eigenvalue weighted by Crippen LogP contribution is -2.43. The highest BCUT2D eigenvalue weighted by molar-refractivity contribution is 7.89. The van der Waals surface area contributed by atoms with Crippen molar-refractivity contribution >= 4 is 33.3 Å². The summed E-state index contributed by atoms with van der Waals surface area (Å²) in [5.74, 6) is 0.191. The topological polar surface area (TPSA) is 84.3 Å². The first kappa shape index (κ1) is 17.9. The normalized spacial score (nSPS) is 18.4. The molecule has 134 valence electrons. The zero-order valence-corrected chi connectivity index (χ0v) is 15.5. The highest BCUT2D eigenvalue weighted by Crippen LogP contribution is 2.27. The number of carbonyl (C=O) groups excluding carboxylic acids is 1. The van der Waals surface area contributed by atoms with Gasteiger partial charge in [-0.25, -0.2) is 8.42 Å². The number of anilines is 1. The number of hydrogen-bond acceptors (Lipinski definition) is 4. The smallest absolute Gasteiger partial charge is 0.243 e. The van der Waals surface area contributed by atoms with Crippen molar-refractivity contribution in [2.45, 2.75) is 30.7 Å². The van der Waals surface area contributed by atoms with Crippen molar-refractivity contribution in [1.29, 1.82) is 0 Å². The van der Waals surface area contributed by atoms with Crippen LogP contribution >= 0.6 is 11.6 Å². The van der Waals surface area contributed by atoms with Gasteiger partial charge in [-0.1, -0.05) is 11.6 Å². The minimum Gasteiger partial charge on any atom is -0.310 e. The van der Waals surface area contributed by atoms with Crippen molar-refractivity contribution in [2.24, 2.45) is 7.05 Å². The van der Waals surface area contributed by atoms with Crippen LogP contribution in [0.25, 0.3) is 0 Å². The van der Waals surface area contributed by atoms with Crippen LogP contribution in [0.1, 0.15) is 18.5 Å². The number of benzene rings is 1. The molecule has 2 aromatic rings. The first-order chi connectivity index (χ1) is 11.8. The van der Waals surface area contributed by atoms with Crippen molar-refractivity contribution in [3.63, 3.8) is 0 Å². The Kier molecular flexibility index (Phi) is 4.86. The number of aryl methyl sites for hydroxylation is 2. The van der Waals surface area contributed by atoms with Gasteiger partial charge in [-0.3, -0.25) is 9.48 Å². The summed E-state index contributed by atoms with van der Waals surface area (Å²) < 4.78 is 28.6. The molecule has 2 heterocycles. The van der Waals surface area contributed by atoms with Gasteiger partial charge in [0.2, 0.25) is 15.9 Å². The maximum atomic E-state index is 12.9. The fraction of sp³-hybridized carbons (Fsp3) is 0.375. The van der Waals surface area contributed by atoms with Gasteiger partial charge >= 0.3 is 0 Å². The van der Waals surface area contributed by atoms with Crippen molar-refractivity contribution in [2.75, 3.05) is 11.9 Å². The molecule has 1 N–H and O–H groups in total. The van der Waals surface area contributed by atoms with E-state index in [4.69, 9.17) is 11.6 Å². The number of carbonyl (C=O) groups is 1. The van der Waals surface area contributed by atoms with E-state index in [9.17, 15) is 13.2 Å². The summed E-state index contributed by atoms with van der Waals surface area (Å²) in [6.45, 7) is 2.13. The molecule has 0 unspecified atom stereocenters. The summed E-state index contributed by atoms with van der Waals surface area (Å²) in [6, 6.07) is 6.96. The molecule has 1 saturated heterocycles. The van der Waals surface area contributed by atoms with Crippen LogP contribution < -0.4 is 5.32 Å². The van der Waals surface area contributed by atoms with Crippen LogP contribution in [0.4, 0.5) is 5.82 Å². The molecular formula is C16H19ClN4O3S. The fourth-order valence-corrected chi connectivity index (χ4v) is 4.75. The lowest BCUT2D eigenvalue weighted by atomic mass is 10.2. The molecule has 9 heteroatoms.